The summed E-state index contributed by atoms with van der Waals surface area (Å²) >= 11 is 1.85. The topological polar surface area (TPSA) is 0 Å². The minimum atomic E-state index is 0.131. The van der Waals surface area contributed by atoms with Crippen molar-refractivity contribution < 1.29 is 0 Å². The number of thiophene rings is 1. The van der Waals surface area contributed by atoms with Gasteiger partial charge in [0.05, 0.1) is 0 Å². The van der Waals surface area contributed by atoms with Gasteiger partial charge in [-0.05, 0) is 37.0 Å². The third kappa shape index (κ3) is 1.53. The van der Waals surface area contributed by atoms with Crippen LogP contribution in [0.4, 0.5) is 0 Å². The minimum absolute atomic E-state index is 0.131. The van der Waals surface area contributed by atoms with Gasteiger partial charge in [-0.1, -0.05) is 7.92 Å². The molecule has 50 valence electrons. The second kappa shape index (κ2) is 2.81. The Morgan fingerprint density at radius 1 is 1.44 bits per heavy atom. The molecule has 0 aliphatic rings. The van der Waals surface area contributed by atoms with Crippen LogP contribution in [0.25, 0.3) is 0 Å². The summed E-state index contributed by atoms with van der Waals surface area (Å²) in [5.41, 5.74) is 0. The third-order valence-corrected chi connectivity index (χ3v) is 3.76. The fourth-order valence-corrected chi connectivity index (χ4v) is 3.25. The van der Waals surface area contributed by atoms with Crippen LogP contribution in [0.2, 0.25) is 0 Å². The number of rotatable bonds is 1. The molecule has 0 radical (unpaired) electrons. The molecule has 0 amide bonds. The van der Waals surface area contributed by atoms with Crippen LogP contribution >= 0.6 is 19.3 Å². The molecule has 0 aromatic carbocycles. The maximum atomic E-state index is 2.30. The van der Waals surface area contributed by atoms with Crippen LogP contribution in [0.3, 0.4) is 0 Å². The van der Waals surface area contributed by atoms with Gasteiger partial charge >= 0.3 is 0 Å². The molecular formula is C7H11PS. The Kier molecular flexibility index (Phi) is 2.26. The maximum Gasteiger partial charge on any atom is 0.00907 e. The lowest BCUT2D eigenvalue weighted by Gasteiger charge is -2.01. The Labute approximate surface area is 61.7 Å². The van der Waals surface area contributed by atoms with Crippen LogP contribution < -0.4 is 5.30 Å². The Balaban J connectivity index is 2.94. The van der Waals surface area contributed by atoms with Gasteiger partial charge in [0.2, 0.25) is 0 Å². The zero-order valence-corrected chi connectivity index (χ0v) is 7.72. The first-order valence-corrected chi connectivity index (χ1v) is 6.05. The predicted octanol–water partition coefficient (Wildman–Crippen LogP) is 2.42. The van der Waals surface area contributed by atoms with Crippen molar-refractivity contribution in [3.63, 3.8) is 0 Å². The molecule has 1 rings (SSSR count). The van der Waals surface area contributed by atoms with E-state index in [2.05, 4.69) is 31.7 Å². The Hall–Kier alpha value is 0.130. The fourth-order valence-electron chi connectivity index (χ4n) is 0.842. The van der Waals surface area contributed by atoms with E-state index in [4.69, 9.17) is 0 Å². The normalized spacial score (nSPS) is 10.7. The average molecular weight is 158 g/mol. The van der Waals surface area contributed by atoms with Gasteiger partial charge in [0, 0.05) is 4.88 Å². The molecular weight excluding hydrogens is 147 g/mol. The summed E-state index contributed by atoms with van der Waals surface area (Å²) in [4.78, 5) is 1.49. The van der Waals surface area contributed by atoms with E-state index in [-0.39, 0.29) is 7.92 Å². The van der Waals surface area contributed by atoms with E-state index in [1.54, 1.807) is 5.30 Å². The number of aryl methyl sites for hydroxylation is 1. The Morgan fingerprint density at radius 3 is 2.33 bits per heavy atom. The zero-order valence-electron chi connectivity index (χ0n) is 6.01. The van der Waals surface area contributed by atoms with Crippen molar-refractivity contribution in [1.29, 1.82) is 0 Å². The number of hydrogen-bond donors (Lipinski definition) is 0. The van der Waals surface area contributed by atoms with E-state index >= 15 is 0 Å². The molecule has 0 aliphatic heterocycles. The van der Waals surface area contributed by atoms with E-state index < -0.39 is 0 Å². The van der Waals surface area contributed by atoms with Crippen LogP contribution in [-0.4, -0.2) is 13.3 Å². The first-order valence-electron chi connectivity index (χ1n) is 2.93. The zero-order chi connectivity index (χ0) is 6.85. The van der Waals surface area contributed by atoms with Gasteiger partial charge in [-0.15, -0.1) is 11.3 Å². The molecule has 2 heteroatoms. The quantitative estimate of drug-likeness (QED) is 0.550. The highest BCUT2D eigenvalue weighted by atomic mass is 32.1. The van der Waals surface area contributed by atoms with Crippen LogP contribution in [0.5, 0.6) is 0 Å². The summed E-state index contributed by atoms with van der Waals surface area (Å²) in [5, 5.41) is 3.74. The molecule has 0 nitrogen and oxygen atoms in total. The lowest BCUT2D eigenvalue weighted by atomic mass is 10.5. The molecule has 0 N–H and O–H groups in total. The average Bonchev–Trinajstić information content (AvgIpc) is 2.13. The summed E-state index contributed by atoms with van der Waals surface area (Å²) in [5.74, 6) is 0. The van der Waals surface area contributed by atoms with Crippen LogP contribution in [0.15, 0.2) is 11.4 Å². The smallest absolute Gasteiger partial charge is 0.00907 e. The lowest BCUT2D eigenvalue weighted by molar-refractivity contribution is 1.69. The Bertz CT molecular complexity index is 191. The SMILES string of the molecule is Cc1sccc1P(C)C. The van der Waals surface area contributed by atoms with Gasteiger partial charge in [0.1, 0.15) is 0 Å². The molecule has 9 heavy (non-hydrogen) atoms. The standard InChI is InChI=1S/C7H11PS/c1-6-7(8(2)3)4-5-9-6/h4-5H,1-3H3. The van der Waals surface area contributed by atoms with E-state index in [0.29, 0.717) is 0 Å². The fraction of sp³-hybridized carbons (Fsp3) is 0.429. The highest BCUT2D eigenvalue weighted by Gasteiger charge is 2.01. The van der Waals surface area contributed by atoms with Crippen molar-refractivity contribution in [3.05, 3.63) is 16.3 Å². The summed E-state index contributed by atoms with van der Waals surface area (Å²) in [7, 11) is 0.131. The van der Waals surface area contributed by atoms with Gasteiger partial charge < -0.3 is 0 Å². The van der Waals surface area contributed by atoms with Crippen LogP contribution in [-0.2, 0) is 0 Å². The second-order valence-electron chi connectivity index (χ2n) is 2.26. The molecule has 1 heterocycles. The van der Waals surface area contributed by atoms with E-state index in [0.717, 1.165) is 0 Å². The van der Waals surface area contributed by atoms with Crippen LogP contribution in [0, 0.1) is 6.92 Å². The third-order valence-electron chi connectivity index (χ3n) is 1.31. The van der Waals surface area contributed by atoms with Crippen molar-refractivity contribution in [2.75, 3.05) is 13.3 Å². The predicted molar refractivity (Wildman–Crippen MR) is 47.5 cm³/mol. The van der Waals surface area contributed by atoms with E-state index in [9.17, 15) is 0 Å². The maximum absolute atomic E-state index is 2.30. The minimum Gasteiger partial charge on any atom is -0.149 e. The first kappa shape index (κ1) is 7.24. The largest absolute Gasteiger partial charge is 0.149 e. The summed E-state index contributed by atoms with van der Waals surface area (Å²) in [6.45, 7) is 6.79. The molecule has 0 fully saturated rings. The lowest BCUT2D eigenvalue weighted by Crippen LogP contribution is -1.96. The van der Waals surface area contributed by atoms with Gasteiger partial charge in [0.15, 0.2) is 0 Å². The van der Waals surface area contributed by atoms with Gasteiger partial charge in [-0.2, -0.15) is 0 Å². The van der Waals surface area contributed by atoms with E-state index in [1.807, 2.05) is 11.3 Å². The number of hydrogen-bond acceptors (Lipinski definition) is 1. The van der Waals surface area contributed by atoms with Crippen molar-refractivity contribution in [2.24, 2.45) is 0 Å². The summed E-state index contributed by atoms with van der Waals surface area (Å²) in [6, 6.07) is 2.24. The molecule has 0 spiro atoms. The molecule has 0 aliphatic carbocycles. The molecule has 0 atom stereocenters. The molecule has 0 saturated heterocycles. The molecule has 0 unspecified atom stereocenters. The van der Waals surface area contributed by atoms with Crippen molar-refractivity contribution in [1.82, 2.24) is 0 Å². The summed E-state index contributed by atoms with van der Waals surface area (Å²) < 4.78 is 0. The van der Waals surface area contributed by atoms with E-state index in [1.165, 1.54) is 4.88 Å². The highest BCUT2D eigenvalue weighted by Crippen LogP contribution is 2.27. The van der Waals surface area contributed by atoms with Gasteiger partial charge in [-0.3, -0.25) is 0 Å². The van der Waals surface area contributed by atoms with Crippen molar-refractivity contribution in [3.8, 4) is 0 Å². The second-order valence-corrected chi connectivity index (χ2v) is 5.65. The highest BCUT2D eigenvalue weighted by molar-refractivity contribution is 7.64. The first-order chi connectivity index (χ1) is 4.22. The summed E-state index contributed by atoms with van der Waals surface area (Å²) in [6.07, 6.45) is 0. The van der Waals surface area contributed by atoms with Gasteiger partial charge in [0.25, 0.3) is 0 Å². The van der Waals surface area contributed by atoms with Crippen LogP contribution in [0.1, 0.15) is 4.88 Å². The Morgan fingerprint density at radius 2 is 2.11 bits per heavy atom. The van der Waals surface area contributed by atoms with Crippen molar-refractivity contribution in [2.45, 2.75) is 6.92 Å². The van der Waals surface area contributed by atoms with Gasteiger partial charge in [-0.25, -0.2) is 0 Å². The monoisotopic (exact) mass is 158 g/mol. The van der Waals surface area contributed by atoms with Crippen molar-refractivity contribution >= 4 is 24.6 Å². The molecule has 0 bridgehead atoms. The molecule has 0 saturated carbocycles. The molecule has 1 aromatic heterocycles. The molecule has 1 aromatic rings.